The number of ether oxygens (including phenoxy) is 3. The molecule has 1 aliphatic rings. The molecule has 3 nitrogen and oxygen atoms in total. The monoisotopic (exact) mass is 348 g/mol. The summed E-state index contributed by atoms with van der Waals surface area (Å²) < 4.78 is 17.1. The van der Waals surface area contributed by atoms with Crippen LogP contribution in [-0.4, -0.2) is 19.8 Å². The maximum Gasteiger partial charge on any atom is 0.161 e. The first-order chi connectivity index (χ1) is 10.2. The van der Waals surface area contributed by atoms with Crippen LogP contribution in [0, 0.1) is 6.92 Å². The smallest absolute Gasteiger partial charge is 0.161 e. The number of alkyl halides is 1. The topological polar surface area (TPSA) is 27.7 Å². The zero-order valence-electron chi connectivity index (χ0n) is 12.0. The molecule has 0 radical (unpaired) electrons. The molecule has 110 valence electrons. The van der Waals surface area contributed by atoms with Gasteiger partial charge in [0.2, 0.25) is 0 Å². The van der Waals surface area contributed by atoms with E-state index in [4.69, 9.17) is 14.2 Å². The van der Waals surface area contributed by atoms with Gasteiger partial charge in [-0.15, -0.1) is 0 Å². The molecule has 0 fully saturated rings. The summed E-state index contributed by atoms with van der Waals surface area (Å²) in [4.78, 5) is 0.0652. The Hall–Kier alpha value is -1.68. The van der Waals surface area contributed by atoms with Gasteiger partial charge in [0, 0.05) is 0 Å². The first kappa shape index (κ1) is 14.3. The Bertz CT molecular complexity index is 642. The van der Waals surface area contributed by atoms with Crippen LogP contribution in [0.1, 0.15) is 16.0 Å². The van der Waals surface area contributed by atoms with Gasteiger partial charge < -0.3 is 14.2 Å². The molecule has 4 heteroatoms. The number of para-hydroxylation sites is 2. The Morgan fingerprint density at radius 3 is 2.67 bits per heavy atom. The maximum atomic E-state index is 6.04. The highest BCUT2D eigenvalue weighted by Gasteiger charge is 2.28. The Labute approximate surface area is 133 Å². The molecule has 2 unspecified atom stereocenters. The molecule has 2 aromatic rings. The Morgan fingerprint density at radius 2 is 1.95 bits per heavy atom. The molecule has 0 spiro atoms. The number of aryl methyl sites for hydroxylation is 1. The second-order valence-corrected chi connectivity index (χ2v) is 6.03. The molecule has 3 rings (SSSR count). The number of halogens is 1. The fourth-order valence-electron chi connectivity index (χ4n) is 2.47. The van der Waals surface area contributed by atoms with Gasteiger partial charge in [-0.2, -0.15) is 0 Å². The third kappa shape index (κ3) is 2.86. The maximum absolute atomic E-state index is 6.04. The Morgan fingerprint density at radius 1 is 1.19 bits per heavy atom. The number of hydrogen-bond acceptors (Lipinski definition) is 3. The Balaban J connectivity index is 1.80. The second-order valence-electron chi connectivity index (χ2n) is 5.04. The third-order valence-corrected chi connectivity index (χ3v) is 4.71. The van der Waals surface area contributed by atoms with Crippen molar-refractivity contribution in [3.05, 3.63) is 53.6 Å². The number of fused-ring (bicyclic) bond motifs is 1. The van der Waals surface area contributed by atoms with Crippen LogP contribution in [0.2, 0.25) is 0 Å². The quantitative estimate of drug-likeness (QED) is 0.774. The van der Waals surface area contributed by atoms with Crippen LogP contribution in [0.15, 0.2) is 42.5 Å². The van der Waals surface area contributed by atoms with Crippen molar-refractivity contribution < 1.29 is 14.2 Å². The van der Waals surface area contributed by atoms with Gasteiger partial charge in [0.1, 0.15) is 18.5 Å². The number of methoxy groups -OCH3 is 1. The molecule has 0 aromatic heterocycles. The highest BCUT2D eigenvalue weighted by molar-refractivity contribution is 9.09. The van der Waals surface area contributed by atoms with Gasteiger partial charge in [0.15, 0.2) is 11.5 Å². The van der Waals surface area contributed by atoms with Crippen LogP contribution in [0.5, 0.6) is 17.2 Å². The van der Waals surface area contributed by atoms with Crippen LogP contribution in [0.4, 0.5) is 0 Å². The van der Waals surface area contributed by atoms with E-state index >= 15 is 0 Å². The summed E-state index contributed by atoms with van der Waals surface area (Å²) in [5.41, 5.74) is 2.26. The average Bonchev–Trinajstić information content (AvgIpc) is 2.53. The van der Waals surface area contributed by atoms with Gasteiger partial charge in [0.05, 0.1) is 11.9 Å². The van der Waals surface area contributed by atoms with Crippen molar-refractivity contribution in [2.45, 2.75) is 17.9 Å². The summed E-state index contributed by atoms with van der Waals surface area (Å²) in [6.45, 7) is 2.56. The van der Waals surface area contributed by atoms with E-state index in [0.29, 0.717) is 6.61 Å². The van der Waals surface area contributed by atoms with Crippen molar-refractivity contribution in [2.75, 3.05) is 13.7 Å². The SMILES string of the molecule is COc1ccc(C(Br)C2COc3ccccc3O2)cc1C. The van der Waals surface area contributed by atoms with Crippen molar-refractivity contribution in [3.63, 3.8) is 0 Å². The number of hydrogen-bond donors (Lipinski definition) is 0. The molecule has 1 heterocycles. The average molecular weight is 349 g/mol. The summed E-state index contributed by atoms with van der Waals surface area (Å²) in [6, 6.07) is 13.9. The van der Waals surface area contributed by atoms with Gasteiger partial charge in [-0.1, -0.05) is 40.2 Å². The van der Waals surface area contributed by atoms with E-state index in [-0.39, 0.29) is 10.9 Å². The molecule has 0 saturated heterocycles. The summed E-state index contributed by atoms with van der Waals surface area (Å²) >= 11 is 3.73. The van der Waals surface area contributed by atoms with Crippen molar-refractivity contribution in [3.8, 4) is 17.2 Å². The zero-order valence-corrected chi connectivity index (χ0v) is 13.6. The summed E-state index contributed by atoms with van der Waals surface area (Å²) in [5, 5.41) is 0. The van der Waals surface area contributed by atoms with E-state index in [1.165, 1.54) is 0 Å². The van der Waals surface area contributed by atoms with Crippen molar-refractivity contribution in [1.82, 2.24) is 0 Å². The number of benzene rings is 2. The molecule has 0 N–H and O–H groups in total. The van der Waals surface area contributed by atoms with Crippen LogP contribution < -0.4 is 14.2 Å². The molecule has 0 bridgehead atoms. The minimum atomic E-state index is -0.0623. The zero-order chi connectivity index (χ0) is 14.8. The van der Waals surface area contributed by atoms with E-state index in [1.807, 2.05) is 37.3 Å². The first-order valence-corrected chi connectivity index (χ1v) is 7.77. The van der Waals surface area contributed by atoms with Gasteiger partial charge >= 0.3 is 0 Å². The summed E-state index contributed by atoms with van der Waals surface area (Å²) in [5.74, 6) is 2.49. The van der Waals surface area contributed by atoms with E-state index in [1.54, 1.807) is 7.11 Å². The highest BCUT2D eigenvalue weighted by atomic mass is 79.9. The minimum absolute atomic E-state index is 0.0623. The lowest BCUT2D eigenvalue weighted by molar-refractivity contribution is 0.0904. The Kier molecular flexibility index (Phi) is 4.06. The third-order valence-electron chi connectivity index (χ3n) is 3.59. The standard InChI is InChI=1S/C17H17BrO3/c1-11-9-12(7-8-13(11)19-2)17(18)16-10-20-14-5-3-4-6-15(14)21-16/h3-9,16-17H,10H2,1-2H3. The van der Waals surface area contributed by atoms with Crippen molar-refractivity contribution >= 4 is 15.9 Å². The lowest BCUT2D eigenvalue weighted by Gasteiger charge is -2.30. The lowest BCUT2D eigenvalue weighted by Crippen LogP contribution is -2.32. The predicted octanol–water partition coefficient (Wildman–Crippen LogP) is 4.28. The molecular weight excluding hydrogens is 332 g/mol. The first-order valence-electron chi connectivity index (χ1n) is 6.86. The van der Waals surface area contributed by atoms with Crippen LogP contribution in [0.25, 0.3) is 0 Å². The molecular formula is C17H17BrO3. The molecule has 2 aromatic carbocycles. The molecule has 0 amide bonds. The summed E-state index contributed by atoms with van der Waals surface area (Å²) in [7, 11) is 1.68. The van der Waals surface area contributed by atoms with Gasteiger partial charge in [-0.3, -0.25) is 0 Å². The van der Waals surface area contributed by atoms with Gasteiger partial charge in [0.25, 0.3) is 0 Å². The van der Waals surface area contributed by atoms with Crippen LogP contribution in [-0.2, 0) is 0 Å². The van der Waals surface area contributed by atoms with Gasteiger partial charge in [-0.25, -0.2) is 0 Å². The molecule has 2 atom stereocenters. The molecule has 0 aliphatic carbocycles. The minimum Gasteiger partial charge on any atom is -0.496 e. The van der Waals surface area contributed by atoms with E-state index < -0.39 is 0 Å². The number of rotatable bonds is 3. The van der Waals surface area contributed by atoms with Crippen LogP contribution in [0.3, 0.4) is 0 Å². The van der Waals surface area contributed by atoms with E-state index in [9.17, 15) is 0 Å². The normalized spacial score (nSPS) is 18.1. The fourth-order valence-corrected chi connectivity index (χ4v) is 3.01. The van der Waals surface area contributed by atoms with E-state index in [0.717, 1.165) is 28.4 Å². The van der Waals surface area contributed by atoms with E-state index in [2.05, 4.69) is 28.1 Å². The molecule has 21 heavy (non-hydrogen) atoms. The summed E-state index contributed by atoms with van der Waals surface area (Å²) in [6.07, 6.45) is -0.0623. The molecule has 1 aliphatic heterocycles. The van der Waals surface area contributed by atoms with Crippen molar-refractivity contribution in [2.24, 2.45) is 0 Å². The fraction of sp³-hybridized carbons (Fsp3) is 0.294. The van der Waals surface area contributed by atoms with Crippen molar-refractivity contribution in [1.29, 1.82) is 0 Å². The predicted molar refractivity (Wildman–Crippen MR) is 85.8 cm³/mol. The molecule has 0 saturated carbocycles. The largest absolute Gasteiger partial charge is 0.496 e. The highest BCUT2D eigenvalue weighted by Crippen LogP contribution is 2.38. The second kappa shape index (κ2) is 5.98. The lowest BCUT2D eigenvalue weighted by atomic mass is 10.0. The van der Waals surface area contributed by atoms with Gasteiger partial charge in [-0.05, 0) is 36.2 Å². The van der Waals surface area contributed by atoms with Crippen LogP contribution >= 0.6 is 15.9 Å².